The lowest BCUT2D eigenvalue weighted by Gasteiger charge is -2.25. The van der Waals surface area contributed by atoms with Crippen LogP contribution in [0.4, 0.5) is 5.69 Å². The van der Waals surface area contributed by atoms with E-state index in [1.54, 1.807) is 12.1 Å². The Labute approximate surface area is 113 Å². The van der Waals surface area contributed by atoms with Gasteiger partial charge in [-0.25, -0.2) is 0 Å². The molecule has 0 aliphatic rings. The van der Waals surface area contributed by atoms with Crippen molar-refractivity contribution in [2.45, 2.75) is 32.7 Å². The van der Waals surface area contributed by atoms with E-state index < -0.39 is 12.0 Å². The van der Waals surface area contributed by atoms with Gasteiger partial charge in [0.05, 0.1) is 12.5 Å². The highest BCUT2D eigenvalue weighted by Gasteiger charge is 2.21. The van der Waals surface area contributed by atoms with Crippen LogP contribution in [0.3, 0.4) is 0 Å². The van der Waals surface area contributed by atoms with Crippen LogP contribution in [0.25, 0.3) is 0 Å². The molecule has 0 saturated carbocycles. The summed E-state index contributed by atoms with van der Waals surface area (Å²) >= 11 is 0. The summed E-state index contributed by atoms with van der Waals surface area (Å²) in [4.78, 5) is 24.3. The third-order valence-electron chi connectivity index (χ3n) is 2.92. The minimum atomic E-state index is -0.935. The first-order valence-electron chi connectivity index (χ1n) is 6.31. The quantitative estimate of drug-likeness (QED) is 0.816. The smallest absolute Gasteiger partial charge is 0.305 e. The molecule has 0 radical (unpaired) electrons. The van der Waals surface area contributed by atoms with Gasteiger partial charge < -0.3 is 15.7 Å². The number of anilines is 1. The maximum Gasteiger partial charge on any atom is 0.305 e. The van der Waals surface area contributed by atoms with E-state index in [2.05, 4.69) is 0 Å². The topological polar surface area (TPSA) is 83.6 Å². The number of carbonyl (C=O) groups is 2. The molecule has 0 heterocycles. The summed E-state index contributed by atoms with van der Waals surface area (Å²) < 4.78 is 0. The molecule has 0 bridgehead atoms. The molecule has 1 aromatic carbocycles. The molecule has 0 spiro atoms. The number of rotatable bonds is 6. The molecule has 5 nitrogen and oxygen atoms in total. The van der Waals surface area contributed by atoms with Crippen LogP contribution in [0, 0.1) is 6.92 Å². The lowest BCUT2D eigenvalue weighted by atomic mass is 10.1. The van der Waals surface area contributed by atoms with Crippen LogP contribution in [-0.2, 0) is 9.59 Å². The first-order valence-corrected chi connectivity index (χ1v) is 6.31. The van der Waals surface area contributed by atoms with Gasteiger partial charge in [-0.05, 0) is 25.5 Å². The summed E-state index contributed by atoms with van der Waals surface area (Å²) in [6.07, 6.45) is 0.421. The number of benzene rings is 1. The van der Waals surface area contributed by atoms with Gasteiger partial charge in [-0.15, -0.1) is 0 Å². The maximum absolute atomic E-state index is 12.2. The molecule has 1 atom stereocenters. The molecule has 0 aromatic heterocycles. The molecule has 1 aromatic rings. The Morgan fingerprint density at radius 2 is 1.89 bits per heavy atom. The van der Waals surface area contributed by atoms with E-state index in [0.717, 1.165) is 5.56 Å². The Kier molecular flexibility index (Phi) is 5.51. The second kappa shape index (κ2) is 6.89. The number of hydrogen-bond acceptors (Lipinski definition) is 3. The predicted molar refractivity (Wildman–Crippen MR) is 74.1 cm³/mol. The van der Waals surface area contributed by atoms with Crippen molar-refractivity contribution in [3.63, 3.8) is 0 Å². The van der Waals surface area contributed by atoms with Gasteiger partial charge in [-0.1, -0.05) is 24.6 Å². The van der Waals surface area contributed by atoms with E-state index in [9.17, 15) is 9.59 Å². The number of nitrogens with zero attached hydrogens (tertiary/aromatic N) is 1. The fraction of sp³-hybridized carbons (Fsp3) is 0.429. The Hall–Kier alpha value is -1.88. The number of amides is 1. The van der Waals surface area contributed by atoms with Crippen LogP contribution in [-0.4, -0.2) is 29.6 Å². The zero-order valence-corrected chi connectivity index (χ0v) is 11.3. The van der Waals surface area contributed by atoms with Crippen molar-refractivity contribution in [2.75, 3.05) is 11.4 Å². The Morgan fingerprint density at radius 1 is 1.32 bits per heavy atom. The van der Waals surface area contributed by atoms with Gasteiger partial charge in [-0.3, -0.25) is 9.59 Å². The first-order chi connectivity index (χ1) is 8.95. The van der Waals surface area contributed by atoms with Gasteiger partial charge in [0.15, 0.2) is 0 Å². The highest BCUT2D eigenvalue weighted by Crippen LogP contribution is 2.17. The Bertz CT molecular complexity index is 443. The van der Waals surface area contributed by atoms with Gasteiger partial charge in [0, 0.05) is 12.2 Å². The number of aliphatic carboxylic acids is 1. The molecule has 1 unspecified atom stereocenters. The number of carboxylic acid groups (broad SMARTS) is 1. The van der Waals surface area contributed by atoms with E-state index in [4.69, 9.17) is 10.8 Å². The number of nitrogens with two attached hydrogens (primary N) is 1. The highest BCUT2D eigenvalue weighted by molar-refractivity contribution is 5.97. The number of hydrogen-bond donors (Lipinski definition) is 2. The molecule has 0 fully saturated rings. The molecule has 0 saturated heterocycles. The molecule has 19 heavy (non-hydrogen) atoms. The molecular weight excluding hydrogens is 244 g/mol. The van der Waals surface area contributed by atoms with Crippen molar-refractivity contribution in [3.05, 3.63) is 29.8 Å². The van der Waals surface area contributed by atoms with E-state index in [1.807, 2.05) is 26.0 Å². The van der Waals surface area contributed by atoms with E-state index >= 15 is 0 Å². The van der Waals surface area contributed by atoms with Gasteiger partial charge in [0.2, 0.25) is 5.91 Å². The molecule has 0 aliphatic carbocycles. The van der Waals surface area contributed by atoms with Crippen LogP contribution in [0.15, 0.2) is 24.3 Å². The summed E-state index contributed by atoms with van der Waals surface area (Å²) in [6.45, 7) is 3.91. The molecular formula is C14H20N2O3. The molecule has 1 amide bonds. The normalized spacial score (nSPS) is 11.9. The minimum Gasteiger partial charge on any atom is -0.481 e. The van der Waals surface area contributed by atoms with Gasteiger partial charge in [0.1, 0.15) is 0 Å². The van der Waals surface area contributed by atoms with Gasteiger partial charge in [-0.2, -0.15) is 0 Å². The van der Waals surface area contributed by atoms with Crippen molar-refractivity contribution in [1.29, 1.82) is 0 Å². The van der Waals surface area contributed by atoms with Crippen molar-refractivity contribution in [1.82, 2.24) is 0 Å². The fourth-order valence-electron chi connectivity index (χ4n) is 1.67. The van der Waals surface area contributed by atoms with Crippen LogP contribution >= 0.6 is 0 Å². The van der Waals surface area contributed by atoms with E-state index in [-0.39, 0.29) is 18.9 Å². The average molecular weight is 264 g/mol. The van der Waals surface area contributed by atoms with Gasteiger partial charge >= 0.3 is 5.97 Å². The van der Waals surface area contributed by atoms with E-state index in [1.165, 1.54) is 4.90 Å². The van der Waals surface area contributed by atoms with Crippen molar-refractivity contribution < 1.29 is 14.7 Å². The summed E-state index contributed by atoms with van der Waals surface area (Å²) in [5.41, 5.74) is 7.51. The lowest BCUT2D eigenvalue weighted by Crippen LogP contribution is -2.44. The van der Waals surface area contributed by atoms with E-state index in [0.29, 0.717) is 12.1 Å². The Balaban J connectivity index is 2.94. The SMILES string of the molecule is CCC(N)C(=O)N(CCC(=O)O)c1ccc(C)cc1. The molecule has 3 N–H and O–H groups in total. The summed E-state index contributed by atoms with van der Waals surface area (Å²) in [5.74, 6) is -1.18. The first kappa shape index (κ1) is 15.2. The minimum absolute atomic E-state index is 0.101. The Morgan fingerprint density at radius 3 is 2.37 bits per heavy atom. The molecule has 0 aliphatic heterocycles. The van der Waals surface area contributed by atoms with Crippen LogP contribution in [0.5, 0.6) is 0 Å². The van der Waals surface area contributed by atoms with Crippen LogP contribution < -0.4 is 10.6 Å². The number of aryl methyl sites for hydroxylation is 1. The number of carboxylic acids is 1. The number of carbonyl (C=O) groups excluding carboxylic acids is 1. The van der Waals surface area contributed by atoms with Crippen molar-refractivity contribution in [2.24, 2.45) is 5.73 Å². The third-order valence-corrected chi connectivity index (χ3v) is 2.92. The standard InChI is InChI=1S/C14H20N2O3/c1-3-12(15)14(19)16(9-8-13(17)18)11-6-4-10(2)5-7-11/h4-7,12H,3,8-9,15H2,1-2H3,(H,17,18). The van der Waals surface area contributed by atoms with Crippen molar-refractivity contribution >= 4 is 17.6 Å². The molecule has 5 heteroatoms. The molecule has 104 valence electrons. The predicted octanol–water partition coefficient (Wildman–Crippen LogP) is 1.54. The highest BCUT2D eigenvalue weighted by atomic mass is 16.4. The lowest BCUT2D eigenvalue weighted by molar-refractivity contribution is -0.136. The zero-order valence-electron chi connectivity index (χ0n) is 11.3. The summed E-state index contributed by atoms with van der Waals surface area (Å²) in [5, 5.41) is 8.76. The zero-order chi connectivity index (χ0) is 14.4. The second-order valence-electron chi connectivity index (χ2n) is 4.48. The van der Waals surface area contributed by atoms with Crippen LogP contribution in [0.1, 0.15) is 25.3 Å². The molecule has 1 rings (SSSR count). The average Bonchev–Trinajstić information content (AvgIpc) is 2.39. The van der Waals surface area contributed by atoms with Crippen LogP contribution in [0.2, 0.25) is 0 Å². The monoisotopic (exact) mass is 264 g/mol. The maximum atomic E-state index is 12.2. The third kappa shape index (κ3) is 4.37. The summed E-state index contributed by atoms with van der Waals surface area (Å²) in [6, 6.07) is 6.77. The van der Waals surface area contributed by atoms with Crippen molar-refractivity contribution in [3.8, 4) is 0 Å². The second-order valence-corrected chi connectivity index (χ2v) is 4.48. The summed E-state index contributed by atoms with van der Waals surface area (Å²) in [7, 11) is 0. The largest absolute Gasteiger partial charge is 0.481 e. The fourth-order valence-corrected chi connectivity index (χ4v) is 1.67. The van der Waals surface area contributed by atoms with Gasteiger partial charge in [0.25, 0.3) is 0 Å².